The van der Waals surface area contributed by atoms with Gasteiger partial charge in [0.25, 0.3) is 0 Å². The van der Waals surface area contributed by atoms with Crippen LogP contribution in [0.15, 0.2) is 24.3 Å². The number of carboxylic acid groups (broad SMARTS) is 1. The van der Waals surface area contributed by atoms with Crippen LogP contribution in [0.4, 0.5) is 0 Å². The zero-order chi connectivity index (χ0) is 13.1. The Labute approximate surface area is 110 Å². The number of carbonyl (C=O) groups is 2. The Morgan fingerprint density at radius 1 is 1.39 bits per heavy atom. The maximum atomic E-state index is 11.4. The number of piperidine rings is 1. The minimum atomic E-state index is -0.864. The summed E-state index contributed by atoms with van der Waals surface area (Å²) in [5.74, 6) is -0.766. The highest BCUT2D eigenvalue weighted by molar-refractivity contribution is 6.30. The summed E-state index contributed by atoms with van der Waals surface area (Å²) in [4.78, 5) is 24.3. The third-order valence-electron chi connectivity index (χ3n) is 3.10. The molecule has 18 heavy (non-hydrogen) atoms. The van der Waals surface area contributed by atoms with E-state index >= 15 is 0 Å². The molecule has 1 aliphatic heterocycles. The van der Waals surface area contributed by atoms with E-state index in [-0.39, 0.29) is 12.3 Å². The van der Waals surface area contributed by atoms with Gasteiger partial charge in [-0.3, -0.25) is 14.5 Å². The van der Waals surface area contributed by atoms with E-state index in [0.717, 1.165) is 5.56 Å². The van der Waals surface area contributed by atoms with Gasteiger partial charge in [-0.2, -0.15) is 0 Å². The lowest BCUT2D eigenvalue weighted by atomic mass is 10.0. The molecule has 5 heteroatoms. The Kier molecular flexibility index (Phi) is 3.99. The van der Waals surface area contributed by atoms with Crippen LogP contribution < -0.4 is 0 Å². The van der Waals surface area contributed by atoms with Gasteiger partial charge in [0, 0.05) is 18.0 Å². The van der Waals surface area contributed by atoms with Crippen molar-refractivity contribution in [2.24, 2.45) is 0 Å². The number of nitrogens with zero attached hydrogens (tertiary/aromatic N) is 1. The molecule has 1 N–H and O–H groups in total. The predicted molar refractivity (Wildman–Crippen MR) is 67.5 cm³/mol. The van der Waals surface area contributed by atoms with Crippen LogP contribution >= 0.6 is 11.6 Å². The van der Waals surface area contributed by atoms with E-state index in [2.05, 4.69) is 0 Å². The molecule has 1 heterocycles. The molecule has 0 aromatic heterocycles. The second-order valence-electron chi connectivity index (χ2n) is 4.46. The molecule has 0 saturated carbocycles. The Morgan fingerprint density at radius 3 is 2.67 bits per heavy atom. The second-order valence-corrected chi connectivity index (χ2v) is 4.90. The molecule has 1 aliphatic rings. The summed E-state index contributed by atoms with van der Waals surface area (Å²) in [6, 6.07) is 6.65. The number of aliphatic carboxylic acids is 1. The van der Waals surface area contributed by atoms with Crippen LogP contribution in [0.3, 0.4) is 0 Å². The monoisotopic (exact) mass is 267 g/mol. The van der Waals surface area contributed by atoms with Gasteiger partial charge in [0.1, 0.15) is 11.8 Å². The predicted octanol–water partition coefficient (Wildman–Crippen LogP) is 1.96. The summed E-state index contributed by atoms with van der Waals surface area (Å²) in [5, 5.41) is 9.78. The van der Waals surface area contributed by atoms with E-state index in [4.69, 9.17) is 16.7 Å². The van der Waals surface area contributed by atoms with E-state index in [1.54, 1.807) is 17.0 Å². The van der Waals surface area contributed by atoms with Crippen molar-refractivity contribution >= 4 is 23.4 Å². The number of carboxylic acids is 1. The number of ketones is 1. The number of carbonyl (C=O) groups excluding carboxylic acids is 1. The van der Waals surface area contributed by atoms with E-state index in [1.807, 2.05) is 12.1 Å². The molecular weight excluding hydrogens is 254 g/mol. The molecule has 96 valence electrons. The highest BCUT2D eigenvalue weighted by atomic mass is 35.5. The first-order valence-electron chi connectivity index (χ1n) is 5.79. The van der Waals surface area contributed by atoms with Crippen molar-refractivity contribution < 1.29 is 14.7 Å². The fourth-order valence-corrected chi connectivity index (χ4v) is 2.29. The van der Waals surface area contributed by atoms with Crippen LogP contribution in [-0.4, -0.2) is 34.3 Å². The molecule has 0 spiro atoms. The molecule has 0 bridgehead atoms. The number of hydrogen-bond donors (Lipinski definition) is 1. The molecular formula is C13H14ClNO3. The van der Waals surface area contributed by atoms with Crippen molar-refractivity contribution in [2.75, 3.05) is 6.54 Å². The number of benzene rings is 1. The lowest BCUT2D eigenvalue weighted by Gasteiger charge is -2.31. The molecule has 0 radical (unpaired) electrons. The Balaban J connectivity index is 2.11. The normalized spacial score (nSPS) is 20.9. The quantitative estimate of drug-likeness (QED) is 0.910. The van der Waals surface area contributed by atoms with Crippen molar-refractivity contribution in [2.45, 2.75) is 25.4 Å². The van der Waals surface area contributed by atoms with Crippen molar-refractivity contribution in [1.82, 2.24) is 4.90 Å². The number of Topliss-reactive ketones (excluding diaryl/α,β-unsaturated/α-hetero) is 1. The van der Waals surface area contributed by atoms with Crippen LogP contribution in [0.5, 0.6) is 0 Å². The highest BCUT2D eigenvalue weighted by Gasteiger charge is 2.31. The van der Waals surface area contributed by atoms with Gasteiger partial charge in [-0.25, -0.2) is 0 Å². The van der Waals surface area contributed by atoms with E-state index in [0.29, 0.717) is 24.4 Å². The second kappa shape index (κ2) is 5.50. The van der Waals surface area contributed by atoms with Crippen molar-refractivity contribution in [3.63, 3.8) is 0 Å². The fourth-order valence-electron chi connectivity index (χ4n) is 2.17. The standard InChI is InChI=1S/C13H14ClNO3/c14-10-3-1-9(2-4-10)7-15-8-11(16)5-6-12(15)13(17)18/h1-4,12H,5-8H2,(H,17,18)/t12-/m0/s1. The number of hydrogen-bond acceptors (Lipinski definition) is 3. The van der Waals surface area contributed by atoms with Crippen LogP contribution in [0.2, 0.25) is 5.02 Å². The Morgan fingerprint density at radius 2 is 2.06 bits per heavy atom. The third-order valence-corrected chi connectivity index (χ3v) is 3.35. The summed E-state index contributed by atoms with van der Waals surface area (Å²) in [6.45, 7) is 0.666. The topological polar surface area (TPSA) is 57.6 Å². The summed E-state index contributed by atoms with van der Waals surface area (Å²) in [7, 11) is 0. The van der Waals surface area contributed by atoms with Gasteiger partial charge >= 0.3 is 5.97 Å². The first kappa shape index (κ1) is 13.1. The maximum Gasteiger partial charge on any atom is 0.320 e. The molecule has 4 nitrogen and oxygen atoms in total. The van der Waals surface area contributed by atoms with Crippen molar-refractivity contribution in [3.05, 3.63) is 34.9 Å². The minimum absolute atomic E-state index is 0.0986. The zero-order valence-corrected chi connectivity index (χ0v) is 10.6. The summed E-state index contributed by atoms with van der Waals surface area (Å²) in [6.07, 6.45) is 0.746. The van der Waals surface area contributed by atoms with E-state index in [1.165, 1.54) is 0 Å². The fraction of sp³-hybridized carbons (Fsp3) is 0.385. The van der Waals surface area contributed by atoms with E-state index in [9.17, 15) is 9.59 Å². The first-order chi connectivity index (χ1) is 8.56. The SMILES string of the molecule is O=C1CC[C@@H](C(=O)O)N(Cc2ccc(Cl)cc2)C1. The minimum Gasteiger partial charge on any atom is -0.480 e. The van der Waals surface area contributed by atoms with Gasteiger partial charge in [0.2, 0.25) is 0 Å². The van der Waals surface area contributed by atoms with Crippen LogP contribution in [-0.2, 0) is 16.1 Å². The third kappa shape index (κ3) is 3.09. The molecule has 0 aliphatic carbocycles. The Hall–Kier alpha value is -1.39. The van der Waals surface area contributed by atoms with Gasteiger partial charge in [-0.05, 0) is 24.1 Å². The van der Waals surface area contributed by atoms with Gasteiger partial charge in [0.15, 0.2) is 0 Å². The van der Waals surface area contributed by atoms with Crippen molar-refractivity contribution in [1.29, 1.82) is 0 Å². The molecule has 1 saturated heterocycles. The van der Waals surface area contributed by atoms with Gasteiger partial charge < -0.3 is 5.11 Å². The molecule has 0 amide bonds. The molecule has 1 atom stereocenters. The smallest absolute Gasteiger partial charge is 0.320 e. The molecule has 1 fully saturated rings. The van der Waals surface area contributed by atoms with Gasteiger partial charge in [0.05, 0.1) is 6.54 Å². The first-order valence-corrected chi connectivity index (χ1v) is 6.17. The zero-order valence-electron chi connectivity index (χ0n) is 9.80. The average molecular weight is 268 g/mol. The maximum absolute atomic E-state index is 11.4. The van der Waals surface area contributed by atoms with Crippen molar-refractivity contribution in [3.8, 4) is 0 Å². The molecule has 1 aromatic rings. The molecule has 0 unspecified atom stereocenters. The van der Waals surface area contributed by atoms with E-state index < -0.39 is 12.0 Å². The number of likely N-dealkylation sites (tertiary alicyclic amines) is 1. The Bertz CT molecular complexity index is 458. The lowest BCUT2D eigenvalue weighted by molar-refractivity contribution is -0.146. The summed E-state index contributed by atoms with van der Waals surface area (Å²) < 4.78 is 0. The van der Waals surface area contributed by atoms with Crippen LogP contribution in [0, 0.1) is 0 Å². The van der Waals surface area contributed by atoms with Crippen LogP contribution in [0.25, 0.3) is 0 Å². The molecule has 1 aromatic carbocycles. The van der Waals surface area contributed by atoms with Gasteiger partial charge in [-0.1, -0.05) is 23.7 Å². The largest absolute Gasteiger partial charge is 0.480 e. The molecule has 2 rings (SSSR count). The lowest BCUT2D eigenvalue weighted by Crippen LogP contribution is -2.47. The van der Waals surface area contributed by atoms with Crippen LogP contribution in [0.1, 0.15) is 18.4 Å². The summed E-state index contributed by atoms with van der Waals surface area (Å²) >= 11 is 5.79. The number of rotatable bonds is 3. The highest BCUT2D eigenvalue weighted by Crippen LogP contribution is 2.19. The number of halogens is 1. The average Bonchev–Trinajstić information content (AvgIpc) is 2.32. The van der Waals surface area contributed by atoms with Gasteiger partial charge in [-0.15, -0.1) is 0 Å². The summed E-state index contributed by atoms with van der Waals surface area (Å²) in [5.41, 5.74) is 0.959.